The molecule has 35 heavy (non-hydrogen) atoms. The number of carbonyl (C=O) groups excluding carboxylic acids is 1. The largest absolute Gasteiger partial charge is 0.490 e. The second-order valence-electron chi connectivity index (χ2n) is 7.48. The maximum absolute atomic E-state index is 12.8. The molecule has 3 aromatic carbocycles. The molecule has 0 saturated heterocycles. The van der Waals surface area contributed by atoms with Crippen LogP contribution < -0.4 is 15.0 Å². The lowest BCUT2D eigenvalue weighted by atomic mass is 10.2. The monoisotopic (exact) mass is 487 g/mol. The van der Waals surface area contributed by atoms with Gasteiger partial charge in [-0.15, -0.1) is 0 Å². The fourth-order valence-electron chi connectivity index (χ4n) is 3.33. The van der Waals surface area contributed by atoms with Crippen molar-refractivity contribution in [2.24, 2.45) is 5.10 Å². The molecule has 0 aliphatic heterocycles. The van der Waals surface area contributed by atoms with E-state index in [0.29, 0.717) is 39.7 Å². The van der Waals surface area contributed by atoms with Crippen LogP contribution in [0.5, 0.6) is 11.5 Å². The molecule has 0 atom stereocenters. The van der Waals surface area contributed by atoms with Gasteiger partial charge in [0.1, 0.15) is 5.82 Å². The zero-order valence-electron chi connectivity index (χ0n) is 19.1. The van der Waals surface area contributed by atoms with E-state index in [-0.39, 0.29) is 11.3 Å². The molecule has 176 valence electrons. The molecule has 0 saturated carbocycles. The smallest absolute Gasteiger partial charge is 0.336 e. The second-order valence-corrected chi connectivity index (χ2v) is 7.92. The fourth-order valence-corrected chi connectivity index (χ4v) is 3.46. The van der Waals surface area contributed by atoms with Crippen molar-refractivity contribution >= 4 is 40.8 Å². The van der Waals surface area contributed by atoms with Gasteiger partial charge in [0.15, 0.2) is 11.5 Å². The molecule has 0 unspecified atom stereocenters. The van der Waals surface area contributed by atoms with Gasteiger partial charge >= 0.3 is 5.97 Å². The summed E-state index contributed by atoms with van der Waals surface area (Å²) in [7, 11) is 0. The van der Waals surface area contributed by atoms with E-state index in [1.165, 1.54) is 17.0 Å². The fraction of sp³-hybridized carbons (Fsp3) is 0.111. The lowest BCUT2D eigenvalue weighted by Crippen LogP contribution is -2.20. The molecule has 1 aromatic heterocycles. The molecule has 0 fully saturated rings. The predicted molar refractivity (Wildman–Crippen MR) is 137 cm³/mol. The van der Waals surface area contributed by atoms with Gasteiger partial charge in [0.25, 0.3) is 5.56 Å². The maximum atomic E-state index is 12.8. The van der Waals surface area contributed by atoms with E-state index in [1.807, 2.05) is 13.0 Å². The molecule has 0 aliphatic carbocycles. The Morgan fingerprint density at radius 2 is 1.80 bits per heavy atom. The van der Waals surface area contributed by atoms with Crippen molar-refractivity contribution in [3.05, 3.63) is 105 Å². The molecule has 0 N–H and O–H groups in total. The molecule has 0 aliphatic rings. The van der Waals surface area contributed by atoms with E-state index >= 15 is 0 Å². The third kappa shape index (κ3) is 5.83. The molecular weight excluding hydrogens is 466 g/mol. The van der Waals surface area contributed by atoms with Crippen LogP contribution in [0.3, 0.4) is 0 Å². The number of nitrogens with zero attached hydrogens (tertiary/aromatic N) is 3. The summed E-state index contributed by atoms with van der Waals surface area (Å²) in [5, 5.41) is 5.42. The Bertz CT molecular complexity index is 1490. The van der Waals surface area contributed by atoms with Crippen LogP contribution in [0.4, 0.5) is 0 Å². The van der Waals surface area contributed by atoms with Crippen LogP contribution in [0.15, 0.2) is 82.7 Å². The number of halogens is 1. The van der Waals surface area contributed by atoms with E-state index in [0.717, 1.165) is 5.56 Å². The van der Waals surface area contributed by atoms with E-state index in [1.54, 1.807) is 73.7 Å². The Kier molecular flexibility index (Phi) is 7.38. The van der Waals surface area contributed by atoms with Gasteiger partial charge in [0.2, 0.25) is 0 Å². The number of aryl methyl sites for hydroxylation is 1. The quantitative estimate of drug-likeness (QED) is 0.154. The van der Waals surface area contributed by atoms with Crippen LogP contribution in [-0.2, 0) is 4.79 Å². The molecule has 8 heteroatoms. The number of rotatable bonds is 7. The standard InChI is InChI=1S/C27H22ClN3O4/c1-3-34-25-16-20(17-29-31-18(2)30-23-7-5-4-6-22(23)27(31)33)10-14-24(25)35-26(32)15-11-19-8-12-21(28)13-9-19/h4-17H,3H2,1-2H3/b15-11+,29-17?. The molecule has 4 rings (SSSR count). The van der Waals surface area contributed by atoms with E-state index < -0.39 is 5.97 Å². The molecule has 4 aromatic rings. The van der Waals surface area contributed by atoms with Gasteiger partial charge in [-0.25, -0.2) is 9.78 Å². The number of hydrogen-bond donors (Lipinski definition) is 0. The number of para-hydroxylation sites is 1. The van der Waals surface area contributed by atoms with Gasteiger partial charge in [0.05, 0.1) is 23.7 Å². The first-order valence-electron chi connectivity index (χ1n) is 10.9. The Labute approximate surface area is 206 Å². The number of aromatic nitrogens is 2. The van der Waals surface area contributed by atoms with Crippen LogP contribution >= 0.6 is 11.6 Å². The predicted octanol–water partition coefficient (Wildman–Crippen LogP) is 5.26. The van der Waals surface area contributed by atoms with Gasteiger partial charge in [-0.2, -0.15) is 9.78 Å². The zero-order valence-corrected chi connectivity index (χ0v) is 19.9. The highest BCUT2D eigenvalue weighted by Crippen LogP contribution is 2.28. The molecule has 0 radical (unpaired) electrons. The lowest BCUT2D eigenvalue weighted by molar-refractivity contribution is -0.129. The highest BCUT2D eigenvalue weighted by Gasteiger charge is 2.10. The minimum Gasteiger partial charge on any atom is -0.490 e. The maximum Gasteiger partial charge on any atom is 0.336 e. The van der Waals surface area contributed by atoms with E-state index in [9.17, 15) is 9.59 Å². The van der Waals surface area contributed by atoms with Crippen LogP contribution in [0.2, 0.25) is 5.02 Å². The van der Waals surface area contributed by atoms with Crippen molar-refractivity contribution in [1.29, 1.82) is 0 Å². The topological polar surface area (TPSA) is 82.8 Å². The number of fused-ring (bicyclic) bond motifs is 1. The summed E-state index contributed by atoms with van der Waals surface area (Å²) in [6, 6.07) is 19.2. The SMILES string of the molecule is CCOc1cc(C=Nn2c(C)nc3ccccc3c2=O)ccc1OC(=O)/C=C/c1ccc(Cl)cc1. The molecular formula is C27H22ClN3O4. The first-order valence-corrected chi connectivity index (χ1v) is 11.3. The van der Waals surface area contributed by atoms with Crippen LogP contribution in [0, 0.1) is 6.92 Å². The number of carbonyl (C=O) groups is 1. The summed E-state index contributed by atoms with van der Waals surface area (Å²) in [6.07, 6.45) is 4.49. The van der Waals surface area contributed by atoms with Crippen molar-refractivity contribution in [2.75, 3.05) is 6.61 Å². The van der Waals surface area contributed by atoms with Crippen LogP contribution in [0.1, 0.15) is 23.9 Å². The molecule has 1 heterocycles. The molecule has 0 bridgehead atoms. The Hall–Kier alpha value is -4.23. The third-order valence-electron chi connectivity index (χ3n) is 5.00. The van der Waals surface area contributed by atoms with Crippen molar-refractivity contribution in [1.82, 2.24) is 9.66 Å². The van der Waals surface area contributed by atoms with Crippen molar-refractivity contribution in [3.63, 3.8) is 0 Å². The lowest BCUT2D eigenvalue weighted by Gasteiger charge is -2.10. The minimum absolute atomic E-state index is 0.257. The van der Waals surface area contributed by atoms with Gasteiger partial charge in [-0.1, -0.05) is 35.9 Å². The highest BCUT2D eigenvalue weighted by atomic mass is 35.5. The summed E-state index contributed by atoms with van der Waals surface area (Å²) >= 11 is 5.88. The minimum atomic E-state index is -0.549. The number of benzene rings is 3. The first-order chi connectivity index (χ1) is 16.9. The van der Waals surface area contributed by atoms with Gasteiger partial charge in [0, 0.05) is 11.1 Å². The summed E-state index contributed by atoms with van der Waals surface area (Å²) in [5.41, 5.74) is 1.84. The van der Waals surface area contributed by atoms with Crippen molar-refractivity contribution < 1.29 is 14.3 Å². The molecule has 0 amide bonds. The summed E-state index contributed by atoms with van der Waals surface area (Å²) in [4.78, 5) is 29.6. The average Bonchev–Trinajstić information content (AvgIpc) is 2.85. The highest BCUT2D eigenvalue weighted by molar-refractivity contribution is 6.30. The van der Waals surface area contributed by atoms with Crippen molar-refractivity contribution in [2.45, 2.75) is 13.8 Å². The second kappa shape index (κ2) is 10.8. The number of ether oxygens (including phenoxy) is 2. The van der Waals surface area contributed by atoms with Crippen LogP contribution in [-0.4, -0.2) is 28.5 Å². The van der Waals surface area contributed by atoms with Gasteiger partial charge < -0.3 is 9.47 Å². The number of hydrogen-bond acceptors (Lipinski definition) is 6. The van der Waals surface area contributed by atoms with Crippen molar-refractivity contribution in [3.8, 4) is 11.5 Å². The summed E-state index contributed by atoms with van der Waals surface area (Å²) in [6.45, 7) is 3.92. The third-order valence-corrected chi connectivity index (χ3v) is 5.25. The average molecular weight is 488 g/mol. The Balaban J connectivity index is 1.55. The number of esters is 1. The molecule has 7 nitrogen and oxygen atoms in total. The summed E-state index contributed by atoms with van der Waals surface area (Å²) < 4.78 is 12.4. The van der Waals surface area contributed by atoms with E-state index in [4.69, 9.17) is 21.1 Å². The first kappa shape index (κ1) is 23.9. The van der Waals surface area contributed by atoms with E-state index in [2.05, 4.69) is 10.1 Å². The molecule has 0 spiro atoms. The Morgan fingerprint density at radius 3 is 2.57 bits per heavy atom. The zero-order chi connectivity index (χ0) is 24.8. The van der Waals surface area contributed by atoms with Gasteiger partial charge in [-0.3, -0.25) is 4.79 Å². The summed E-state index contributed by atoms with van der Waals surface area (Å²) in [5.74, 6) is 0.570. The normalized spacial score (nSPS) is 11.4. The van der Waals surface area contributed by atoms with Gasteiger partial charge in [-0.05, 0) is 73.5 Å². The van der Waals surface area contributed by atoms with Crippen LogP contribution in [0.25, 0.3) is 17.0 Å². The Morgan fingerprint density at radius 1 is 1.06 bits per heavy atom.